The Morgan fingerprint density at radius 1 is 0.781 bits per heavy atom. The second-order valence-electron chi connectivity index (χ2n) is 18.4. The standard InChI is InChI=1S/C50H54N8O6/c1-26(2)40(55-49(61)63-4)47(59)57-34-13-9-12-33(23-34)44(57)46-52-37-21-19-32-22-31(18-20-35(32)42(37)54-46)28-14-16-29(17-15-28)38-25-51-45(53-38)39-24-36-27(3)43(36)58(39)48(60)41(56-50(62)64-5)30-10-7-6-8-11-30/h6-8,10-11,14-22,25-27,33-34,36,39-41,43-44H,9,12-13,23-24H2,1-5H3,(H,51,53)(H,52,54)(H,55,61)(H,56,62). The number of H-pyrrole nitrogens is 2. The van der Waals surface area contributed by atoms with Crippen LogP contribution in [0.2, 0.25) is 0 Å². The molecule has 14 heteroatoms. The first-order valence-electron chi connectivity index (χ1n) is 22.5. The molecule has 4 heterocycles. The summed E-state index contributed by atoms with van der Waals surface area (Å²) in [5.74, 6) is 2.17. The topological polar surface area (TPSA) is 175 Å². The predicted octanol–water partition coefficient (Wildman–Crippen LogP) is 8.60. The van der Waals surface area contributed by atoms with Gasteiger partial charge in [-0.25, -0.2) is 19.6 Å². The van der Waals surface area contributed by atoms with Crippen molar-refractivity contribution in [3.05, 3.63) is 108 Å². The van der Waals surface area contributed by atoms with Crippen LogP contribution in [0.4, 0.5) is 9.59 Å². The van der Waals surface area contributed by atoms with Crippen LogP contribution in [-0.4, -0.2) is 86.1 Å². The number of benzene rings is 4. The molecule has 2 aliphatic carbocycles. The number of piperidine rings is 1. The number of amides is 4. The van der Waals surface area contributed by atoms with Crippen LogP contribution < -0.4 is 10.6 Å². The van der Waals surface area contributed by atoms with E-state index in [9.17, 15) is 19.2 Å². The summed E-state index contributed by atoms with van der Waals surface area (Å²) in [4.78, 5) is 74.4. The summed E-state index contributed by atoms with van der Waals surface area (Å²) in [6.07, 6.45) is 5.30. The quantitative estimate of drug-likeness (QED) is 0.106. The fourth-order valence-corrected chi connectivity index (χ4v) is 11.1. The molecular weight excluding hydrogens is 809 g/mol. The van der Waals surface area contributed by atoms with Crippen molar-refractivity contribution in [1.29, 1.82) is 0 Å². The minimum atomic E-state index is -0.885. The number of rotatable bonds is 10. The SMILES string of the molecule is COC(=O)NC(C(=O)N1C(c2ncc(-c3ccc(-c4ccc5c(ccc6[nH]c(C7C8CCCC(C8)N7C(=O)C(NC(=O)OC)C(C)C)nc65)c4)cc3)[nH]2)CC2C(C)C21)c1ccccc1. The number of hydrogen-bond acceptors (Lipinski definition) is 8. The van der Waals surface area contributed by atoms with Gasteiger partial charge in [0.2, 0.25) is 5.91 Å². The molecule has 4 aliphatic rings. The average molecular weight is 863 g/mol. The number of methoxy groups -OCH3 is 2. The molecule has 2 saturated carbocycles. The number of hydrogen-bond donors (Lipinski definition) is 4. The molecule has 14 nitrogen and oxygen atoms in total. The van der Waals surface area contributed by atoms with Gasteiger partial charge in [0, 0.05) is 17.5 Å². The Kier molecular flexibility index (Phi) is 10.6. The first kappa shape index (κ1) is 41.3. The van der Waals surface area contributed by atoms with E-state index in [1.807, 2.05) is 60.2 Å². The van der Waals surface area contributed by atoms with E-state index < -0.39 is 24.3 Å². The summed E-state index contributed by atoms with van der Waals surface area (Å²) >= 11 is 0. The van der Waals surface area contributed by atoms with Crippen LogP contribution in [0, 0.1) is 23.7 Å². The van der Waals surface area contributed by atoms with Gasteiger partial charge < -0.3 is 39.9 Å². The summed E-state index contributed by atoms with van der Waals surface area (Å²) < 4.78 is 9.78. The van der Waals surface area contributed by atoms with Crippen molar-refractivity contribution in [1.82, 2.24) is 40.4 Å². The smallest absolute Gasteiger partial charge is 0.407 e. The maximum absolute atomic E-state index is 14.3. The number of imidazole rings is 2. The molecule has 0 radical (unpaired) electrons. The van der Waals surface area contributed by atoms with Crippen LogP contribution in [0.25, 0.3) is 44.2 Å². The minimum Gasteiger partial charge on any atom is -0.453 e. The maximum atomic E-state index is 14.3. The van der Waals surface area contributed by atoms with Crippen molar-refractivity contribution < 1.29 is 28.7 Å². The highest BCUT2D eigenvalue weighted by atomic mass is 16.5. The van der Waals surface area contributed by atoms with Gasteiger partial charge in [0.1, 0.15) is 23.7 Å². The lowest BCUT2D eigenvalue weighted by molar-refractivity contribution is -0.138. The van der Waals surface area contributed by atoms with Crippen LogP contribution in [0.1, 0.15) is 88.2 Å². The number of aromatic amines is 2. The second-order valence-corrected chi connectivity index (χ2v) is 18.4. The summed E-state index contributed by atoms with van der Waals surface area (Å²) in [6.45, 7) is 6.05. The highest BCUT2D eigenvalue weighted by Crippen LogP contribution is 2.58. The zero-order valence-electron chi connectivity index (χ0n) is 36.7. The van der Waals surface area contributed by atoms with Crippen molar-refractivity contribution in [2.45, 2.75) is 89.1 Å². The van der Waals surface area contributed by atoms with Crippen LogP contribution in [0.5, 0.6) is 0 Å². The molecule has 4 N–H and O–H groups in total. The molecule has 0 spiro atoms. The fraction of sp³-hybridized carbons (Fsp3) is 0.400. The molecule has 9 atom stereocenters. The highest BCUT2D eigenvalue weighted by molar-refractivity contribution is 6.05. The Hall–Kier alpha value is -6.70. The summed E-state index contributed by atoms with van der Waals surface area (Å²) in [6, 6.07) is 26.4. The van der Waals surface area contributed by atoms with Gasteiger partial charge in [0.25, 0.3) is 5.91 Å². The molecule has 2 saturated heterocycles. The number of aromatic nitrogens is 4. The molecule has 4 fully saturated rings. The number of fused-ring (bicyclic) bond motifs is 6. The van der Waals surface area contributed by atoms with E-state index in [2.05, 4.69) is 82.1 Å². The van der Waals surface area contributed by atoms with Crippen LogP contribution in [0.3, 0.4) is 0 Å². The van der Waals surface area contributed by atoms with Gasteiger partial charge in [-0.3, -0.25) is 9.59 Å². The number of ether oxygens (including phenoxy) is 2. The summed E-state index contributed by atoms with van der Waals surface area (Å²) in [7, 11) is 2.61. The van der Waals surface area contributed by atoms with Gasteiger partial charge in [0.05, 0.1) is 49.2 Å². The zero-order valence-corrected chi connectivity index (χ0v) is 36.7. The first-order valence-corrected chi connectivity index (χ1v) is 22.5. The first-order chi connectivity index (χ1) is 31.0. The Morgan fingerprint density at radius 2 is 1.52 bits per heavy atom. The third-order valence-electron chi connectivity index (χ3n) is 14.4. The van der Waals surface area contributed by atoms with Crippen molar-refractivity contribution >= 4 is 45.8 Å². The zero-order chi connectivity index (χ0) is 44.4. The molecule has 4 amide bonds. The van der Waals surface area contributed by atoms with Crippen molar-refractivity contribution in [2.75, 3.05) is 14.2 Å². The van der Waals surface area contributed by atoms with E-state index in [0.29, 0.717) is 17.4 Å². The van der Waals surface area contributed by atoms with E-state index in [-0.39, 0.29) is 47.8 Å². The van der Waals surface area contributed by atoms with Crippen molar-refractivity contribution in [3.63, 3.8) is 0 Å². The van der Waals surface area contributed by atoms with Crippen molar-refractivity contribution in [3.8, 4) is 22.4 Å². The van der Waals surface area contributed by atoms with E-state index >= 15 is 0 Å². The lowest BCUT2D eigenvalue weighted by Crippen LogP contribution is -2.53. The molecule has 330 valence electrons. The molecule has 2 aliphatic heterocycles. The van der Waals surface area contributed by atoms with Gasteiger partial charge in [-0.2, -0.15) is 0 Å². The van der Waals surface area contributed by atoms with Gasteiger partial charge in [-0.15, -0.1) is 0 Å². The number of carbonyl (C=O) groups is 4. The third kappa shape index (κ3) is 7.22. The summed E-state index contributed by atoms with van der Waals surface area (Å²) in [5, 5.41) is 7.66. The minimum absolute atomic E-state index is 0.0815. The number of nitrogens with one attached hydrogen (secondary N) is 4. The molecule has 6 aromatic rings. The third-order valence-corrected chi connectivity index (χ3v) is 14.4. The molecule has 9 unspecified atom stereocenters. The Bertz CT molecular complexity index is 2750. The lowest BCUT2D eigenvalue weighted by atomic mass is 9.87. The van der Waals surface area contributed by atoms with Crippen LogP contribution in [0.15, 0.2) is 91.1 Å². The number of carbonyl (C=O) groups excluding carboxylic acids is 4. The Morgan fingerprint density at radius 3 is 2.27 bits per heavy atom. The predicted molar refractivity (Wildman–Crippen MR) is 241 cm³/mol. The number of nitrogens with zero attached hydrogens (tertiary/aromatic N) is 4. The molecule has 64 heavy (non-hydrogen) atoms. The number of likely N-dealkylation sites (tertiary alicyclic amines) is 2. The Balaban J connectivity index is 0.882. The van der Waals surface area contributed by atoms with Gasteiger partial charge in [-0.05, 0) is 89.1 Å². The van der Waals surface area contributed by atoms with Crippen LogP contribution >= 0.6 is 0 Å². The molecular formula is C50H54N8O6. The van der Waals surface area contributed by atoms with E-state index in [1.54, 1.807) is 0 Å². The monoisotopic (exact) mass is 862 g/mol. The maximum Gasteiger partial charge on any atom is 0.407 e. The lowest BCUT2D eigenvalue weighted by Gasteiger charge is -2.33. The highest BCUT2D eigenvalue weighted by Gasteiger charge is 2.61. The normalized spacial score (nSPS) is 24.4. The molecule has 4 aromatic carbocycles. The van der Waals surface area contributed by atoms with E-state index in [4.69, 9.17) is 19.4 Å². The Labute approximate surface area is 371 Å². The van der Waals surface area contributed by atoms with Crippen molar-refractivity contribution in [2.24, 2.45) is 23.7 Å². The average Bonchev–Trinajstić information content (AvgIpc) is 3.88. The second kappa shape index (κ2) is 16.5. The van der Waals surface area contributed by atoms with Gasteiger partial charge in [-0.1, -0.05) is 100.0 Å². The van der Waals surface area contributed by atoms with Crippen LogP contribution in [-0.2, 0) is 19.1 Å². The summed E-state index contributed by atoms with van der Waals surface area (Å²) in [5.41, 5.74) is 6.45. The van der Waals surface area contributed by atoms with Gasteiger partial charge >= 0.3 is 12.2 Å². The van der Waals surface area contributed by atoms with Gasteiger partial charge in [0.15, 0.2) is 0 Å². The largest absolute Gasteiger partial charge is 0.453 e. The molecule has 10 rings (SSSR count). The fourth-order valence-electron chi connectivity index (χ4n) is 11.1. The molecule has 2 bridgehead atoms. The van der Waals surface area contributed by atoms with E-state index in [1.165, 1.54) is 14.2 Å². The van der Waals surface area contributed by atoms with E-state index in [0.717, 1.165) is 87.9 Å². The molecule has 2 aromatic heterocycles. The number of alkyl carbamates (subject to hydrolysis) is 2.